The second kappa shape index (κ2) is 15.0. The van der Waals surface area contributed by atoms with Crippen molar-refractivity contribution >= 4 is 17.6 Å². The van der Waals surface area contributed by atoms with Crippen LogP contribution in [0.4, 0.5) is 0 Å². The highest BCUT2D eigenvalue weighted by Crippen LogP contribution is 2.15. The Bertz CT molecular complexity index is 977. The Morgan fingerprint density at radius 3 is 2.22 bits per heavy atom. The highest BCUT2D eigenvalue weighted by Gasteiger charge is 2.29. The summed E-state index contributed by atoms with van der Waals surface area (Å²) in [5.41, 5.74) is 1.99. The Labute approximate surface area is 214 Å². The number of hydrogen-bond donors (Lipinski definition) is 3. The third-order valence-electron chi connectivity index (χ3n) is 6.12. The average Bonchev–Trinajstić information content (AvgIpc) is 2.88. The maximum Gasteiger partial charge on any atom is 0.242 e. The predicted molar refractivity (Wildman–Crippen MR) is 141 cm³/mol. The molecule has 7 nitrogen and oxygen atoms in total. The van der Waals surface area contributed by atoms with Crippen molar-refractivity contribution in [1.29, 1.82) is 0 Å². The first-order chi connectivity index (χ1) is 17.2. The van der Waals surface area contributed by atoms with Crippen LogP contribution < -0.4 is 15.4 Å². The van der Waals surface area contributed by atoms with Gasteiger partial charge in [-0.25, -0.2) is 0 Å². The van der Waals surface area contributed by atoms with E-state index in [1.807, 2.05) is 68.4 Å². The molecule has 2 rings (SSSR count). The van der Waals surface area contributed by atoms with Crippen LogP contribution in [0.1, 0.15) is 57.6 Å². The molecule has 2 aromatic carbocycles. The van der Waals surface area contributed by atoms with Gasteiger partial charge < -0.3 is 20.5 Å². The van der Waals surface area contributed by atoms with Gasteiger partial charge in [-0.2, -0.15) is 0 Å². The van der Waals surface area contributed by atoms with Crippen LogP contribution in [0, 0.1) is 5.92 Å². The minimum Gasteiger partial charge on any atom is -0.497 e. The fourth-order valence-electron chi connectivity index (χ4n) is 4.03. The summed E-state index contributed by atoms with van der Waals surface area (Å²) in [7, 11) is 1.58. The molecule has 0 saturated carbocycles. The van der Waals surface area contributed by atoms with Crippen LogP contribution in [0.2, 0.25) is 0 Å². The lowest BCUT2D eigenvalue weighted by molar-refractivity contribution is -0.133. The molecule has 0 aliphatic heterocycles. The highest BCUT2D eigenvalue weighted by atomic mass is 16.5. The molecule has 0 bridgehead atoms. The van der Waals surface area contributed by atoms with E-state index in [0.29, 0.717) is 31.4 Å². The summed E-state index contributed by atoms with van der Waals surface area (Å²) in [6.07, 6.45) is 0.984. The normalized spacial score (nSPS) is 13.5. The lowest BCUT2D eigenvalue weighted by atomic mass is 9.97. The number of aliphatic hydroxyl groups excluding tert-OH is 1. The first-order valence-corrected chi connectivity index (χ1v) is 12.7. The fourth-order valence-corrected chi connectivity index (χ4v) is 4.03. The molecule has 36 heavy (non-hydrogen) atoms. The SMILES string of the molecule is CCC(NC(=O)[C@H](CC(C)C)NC(=O)CCc1ccccc1)C(O)C(=O)CCc1cccc(OC)c1. The summed E-state index contributed by atoms with van der Waals surface area (Å²) in [5.74, 6) is -0.0472. The van der Waals surface area contributed by atoms with Crippen LogP contribution in [0.5, 0.6) is 5.75 Å². The van der Waals surface area contributed by atoms with Crippen molar-refractivity contribution in [2.24, 2.45) is 5.92 Å². The van der Waals surface area contributed by atoms with Crippen LogP contribution >= 0.6 is 0 Å². The topological polar surface area (TPSA) is 105 Å². The van der Waals surface area contributed by atoms with E-state index >= 15 is 0 Å². The fraction of sp³-hybridized carbons (Fsp3) is 0.483. The number of ketones is 1. The summed E-state index contributed by atoms with van der Waals surface area (Å²) in [6, 6.07) is 15.7. The molecule has 0 saturated heterocycles. The highest BCUT2D eigenvalue weighted by molar-refractivity contribution is 5.89. The quantitative estimate of drug-likeness (QED) is 0.349. The Morgan fingerprint density at radius 1 is 0.917 bits per heavy atom. The largest absolute Gasteiger partial charge is 0.497 e. The van der Waals surface area contributed by atoms with E-state index < -0.39 is 18.2 Å². The molecule has 196 valence electrons. The first-order valence-electron chi connectivity index (χ1n) is 12.7. The van der Waals surface area contributed by atoms with E-state index in [4.69, 9.17) is 4.74 Å². The van der Waals surface area contributed by atoms with E-state index in [2.05, 4.69) is 10.6 Å². The molecule has 7 heteroatoms. The van der Waals surface area contributed by atoms with Crippen LogP contribution in [-0.4, -0.2) is 48.0 Å². The van der Waals surface area contributed by atoms with Crippen LogP contribution in [0.15, 0.2) is 54.6 Å². The van der Waals surface area contributed by atoms with Gasteiger partial charge in [-0.05, 0) is 54.9 Å². The third kappa shape index (κ3) is 9.82. The summed E-state index contributed by atoms with van der Waals surface area (Å²) in [5, 5.41) is 16.3. The number of methoxy groups -OCH3 is 1. The second-order valence-corrected chi connectivity index (χ2v) is 9.52. The standard InChI is InChI=1S/C29H40N2O5/c1-5-24(28(34)26(32)16-14-22-12-9-13-23(19-22)36-4)31-29(35)25(18-20(2)3)30-27(33)17-15-21-10-7-6-8-11-21/h6-13,19-20,24-25,28,34H,5,14-18H2,1-4H3,(H,30,33)(H,31,35)/t24?,25-,28?/m0/s1. The van der Waals surface area contributed by atoms with Crippen molar-refractivity contribution in [3.63, 3.8) is 0 Å². The number of Topliss-reactive ketones (excluding diaryl/α,β-unsaturated/α-hetero) is 1. The molecule has 0 aliphatic carbocycles. The Balaban J connectivity index is 1.93. The molecule has 0 spiro atoms. The summed E-state index contributed by atoms with van der Waals surface area (Å²) >= 11 is 0. The summed E-state index contributed by atoms with van der Waals surface area (Å²) < 4.78 is 5.21. The van der Waals surface area contributed by atoms with Crippen molar-refractivity contribution in [2.75, 3.05) is 7.11 Å². The molecule has 3 N–H and O–H groups in total. The zero-order chi connectivity index (χ0) is 26.5. The third-order valence-corrected chi connectivity index (χ3v) is 6.12. The van der Waals surface area contributed by atoms with Gasteiger partial charge in [0.2, 0.25) is 11.8 Å². The number of carbonyl (C=O) groups excluding carboxylic acids is 3. The number of hydrogen-bond acceptors (Lipinski definition) is 5. The molecule has 0 heterocycles. The zero-order valence-electron chi connectivity index (χ0n) is 21.8. The van der Waals surface area contributed by atoms with Gasteiger partial charge in [-0.15, -0.1) is 0 Å². The smallest absolute Gasteiger partial charge is 0.242 e. The number of carbonyl (C=O) groups is 3. The van der Waals surface area contributed by atoms with Gasteiger partial charge in [-0.3, -0.25) is 14.4 Å². The maximum absolute atomic E-state index is 13.1. The number of rotatable bonds is 15. The monoisotopic (exact) mass is 496 g/mol. The van der Waals surface area contributed by atoms with Gasteiger partial charge in [0.15, 0.2) is 5.78 Å². The van der Waals surface area contributed by atoms with Gasteiger partial charge >= 0.3 is 0 Å². The van der Waals surface area contributed by atoms with Gasteiger partial charge in [0.1, 0.15) is 17.9 Å². The van der Waals surface area contributed by atoms with Gasteiger partial charge in [-0.1, -0.05) is 63.2 Å². The lowest BCUT2D eigenvalue weighted by Gasteiger charge is -2.26. The predicted octanol–water partition coefficient (Wildman–Crippen LogP) is 3.62. The molecule has 3 atom stereocenters. The van der Waals surface area contributed by atoms with Gasteiger partial charge in [0.05, 0.1) is 13.2 Å². The zero-order valence-corrected chi connectivity index (χ0v) is 21.8. The molecular formula is C29H40N2O5. The van der Waals surface area contributed by atoms with Crippen molar-refractivity contribution in [2.45, 2.75) is 77.5 Å². The molecule has 0 aliphatic rings. The van der Waals surface area contributed by atoms with E-state index in [1.54, 1.807) is 14.0 Å². The Morgan fingerprint density at radius 2 is 1.58 bits per heavy atom. The number of aryl methyl sites for hydroxylation is 2. The molecule has 2 aromatic rings. The number of aliphatic hydroxyl groups is 1. The van der Waals surface area contributed by atoms with Crippen LogP contribution in [0.25, 0.3) is 0 Å². The van der Waals surface area contributed by atoms with Gasteiger partial charge in [0.25, 0.3) is 0 Å². The van der Waals surface area contributed by atoms with E-state index in [1.165, 1.54) is 0 Å². The number of ether oxygens (including phenoxy) is 1. The molecule has 0 radical (unpaired) electrons. The van der Waals surface area contributed by atoms with E-state index in [0.717, 1.165) is 11.1 Å². The Hall–Kier alpha value is -3.19. The van der Waals surface area contributed by atoms with Crippen molar-refractivity contribution in [3.05, 3.63) is 65.7 Å². The van der Waals surface area contributed by atoms with Crippen molar-refractivity contribution in [3.8, 4) is 5.75 Å². The lowest BCUT2D eigenvalue weighted by Crippen LogP contribution is -2.54. The first kappa shape index (κ1) is 29.0. The van der Waals surface area contributed by atoms with Gasteiger partial charge in [0, 0.05) is 12.8 Å². The van der Waals surface area contributed by atoms with E-state index in [-0.39, 0.29) is 36.4 Å². The second-order valence-electron chi connectivity index (χ2n) is 9.52. The van der Waals surface area contributed by atoms with Crippen molar-refractivity contribution in [1.82, 2.24) is 10.6 Å². The number of benzene rings is 2. The average molecular weight is 497 g/mol. The van der Waals surface area contributed by atoms with Crippen LogP contribution in [-0.2, 0) is 27.2 Å². The minimum absolute atomic E-state index is 0.145. The maximum atomic E-state index is 13.1. The van der Waals surface area contributed by atoms with E-state index in [9.17, 15) is 19.5 Å². The summed E-state index contributed by atoms with van der Waals surface area (Å²) in [4.78, 5) is 38.3. The summed E-state index contributed by atoms with van der Waals surface area (Å²) in [6.45, 7) is 5.76. The molecule has 2 unspecified atom stereocenters. The minimum atomic E-state index is -1.32. The molecule has 0 aromatic heterocycles. The molecule has 0 fully saturated rings. The molecular weight excluding hydrogens is 456 g/mol. The molecule has 2 amide bonds. The van der Waals surface area contributed by atoms with Crippen molar-refractivity contribution < 1.29 is 24.2 Å². The number of nitrogens with one attached hydrogen (secondary N) is 2. The number of amides is 2. The Kier molecular flexibility index (Phi) is 12.1. The van der Waals surface area contributed by atoms with Crippen LogP contribution in [0.3, 0.4) is 0 Å².